The van der Waals surface area contributed by atoms with Crippen molar-refractivity contribution in [3.63, 3.8) is 0 Å². The number of hydrogen-bond acceptors (Lipinski definition) is 7. The smallest absolute Gasteiger partial charge is 0.386 e. The van der Waals surface area contributed by atoms with Crippen LogP contribution in [0, 0.1) is 23.2 Å². The number of nitrogens with two attached hydrogens (primary N) is 1. The number of aromatic nitrogens is 1. The first kappa shape index (κ1) is 24.5. The number of fused-ring (bicyclic) bond motifs is 1. The van der Waals surface area contributed by atoms with Crippen LogP contribution in [0.4, 0.5) is 19.0 Å². The number of halogens is 3. The van der Waals surface area contributed by atoms with Gasteiger partial charge < -0.3 is 21.2 Å². The summed E-state index contributed by atoms with van der Waals surface area (Å²) >= 11 is 0. The number of nitrogens with one attached hydrogen (secondary N) is 2. The summed E-state index contributed by atoms with van der Waals surface area (Å²) in [5.41, 5.74) is 5.52. The maximum Gasteiger partial charge on any atom is 0.419 e. The van der Waals surface area contributed by atoms with E-state index in [2.05, 4.69) is 20.1 Å². The summed E-state index contributed by atoms with van der Waals surface area (Å²) < 4.78 is 45.1. The maximum absolute atomic E-state index is 13.3. The predicted molar refractivity (Wildman–Crippen MR) is 128 cm³/mol. The van der Waals surface area contributed by atoms with Crippen LogP contribution < -0.4 is 11.1 Å². The van der Waals surface area contributed by atoms with E-state index >= 15 is 0 Å². The highest BCUT2D eigenvalue weighted by molar-refractivity contribution is 6.07. The van der Waals surface area contributed by atoms with Crippen molar-refractivity contribution in [3.8, 4) is 0 Å². The summed E-state index contributed by atoms with van der Waals surface area (Å²) in [6.07, 6.45) is 0.637. The van der Waals surface area contributed by atoms with E-state index in [0.29, 0.717) is 29.8 Å². The summed E-state index contributed by atoms with van der Waals surface area (Å²) in [6, 6.07) is 2.31. The molecule has 4 fully saturated rings. The quantitative estimate of drug-likeness (QED) is 0.507. The average Bonchev–Trinajstić information content (AvgIpc) is 3.24. The summed E-state index contributed by atoms with van der Waals surface area (Å²) in [5.74, 6) is 0.909. The Morgan fingerprint density at radius 3 is 2.26 bits per heavy atom. The van der Waals surface area contributed by atoms with Crippen LogP contribution in [0.5, 0.6) is 0 Å². The zero-order valence-corrected chi connectivity index (χ0v) is 20.3. The molecule has 2 aliphatic carbocycles. The zero-order chi connectivity index (χ0) is 24.9. The fourth-order valence-corrected chi connectivity index (χ4v) is 6.13. The lowest BCUT2D eigenvalue weighted by atomic mass is 10.00. The first-order valence-electron chi connectivity index (χ1n) is 12.6. The van der Waals surface area contributed by atoms with Gasteiger partial charge in [-0.25, -0.2) is 4.98 Å². The van der Waals surface area contributed by atoms with Crippen molar-refractivity contribution in [2.75, 3.05) is 45.1 Å². The Balaban J connectivity index is 1.23. The number of anilines is 1. The van der Waals surface area contributed by atoms with Crippen molar-refractivity contribution in [2.24, 2.45) is 17.8 Å². The van der Waals surface area contributed by atoms with Crippen LogP contribution in [0.3, 0.4) is 0 Å². The number of alkyl halides is 3. The van der Waals surface area contributed by atoms with Crippen LogP contribution in [0.25, 0.3) is 0 Å². The number of nitrogen functional groups attached to an aromatic ring is 1. The molecular formula is C25H35F3N6O. The Bertz CT molecular complexity index is 972. The van der Waals surface area contributed by atoms with Gasteiger partial charge in [-0.15, -0.1) is 0 Å². The Hall–Kier alpha value is -2.17. The Morgan fingerprint density at radius 2 is 1.74 bits per heavy atom. The summed E-state index contributed by atoms with van der Waals surface area (Å²) in [6.45, 7) is 10.2. The van der Waals surface area contributed by atoms with Crippen LogP contribution in [0.15, 0.2) is 24.0 Å². The monoisotopic (exact) mass is 492 g/mol. The van der Waals surface area contributed by atoms with Gasteiger partial charge in [-0.2, -0.15) is 13.2 Å². The number of rotatable bonds is 7. The van der Waals surface area contributed by atoms with E-state index in [1.165, 1.54) is 6.20 Å². The maximum atomic E-state index is 13.3. The van der Waals surface area contributed by atoms with Gasteiger partial charge in [0.05, 0.1) is 30.5 Å². The lowest BCUT2D eigenvalue weighted by Crippen LogP contribution is -2.58. The van der Waals surface area contributed by atoms with E-state index < -0.39 is 17.6 Å². The van der Waals surface area contributed by atoms with Gasteiger partial charge >= 0.3 is 6.18 Å². The standard InChI is InChI=1S/C25H35F3N6O/c1-14(2)32-22(10-21(29)15-7-20(25(26,27)28)24(30)31-11-15)23-18-8-16(9-19(18)23)33-3-5-34(6-4-33)17-12-35-13-17/h7,10-11,14,16-19,23,29,32H,3-6,8-9,12-13H2,1-2H3,(H2,30,31)/b22-10-,29-21?/t16?,18-,19+,23+. The molecule has 5 rings (SSSR count). The minimum Gasteiger partial charge on any atom is -0.386 e. The van der Waals surface area contributed by atoms with E-state index in [-0.39, 0.29) is 17.3 Å². The van der Waals surface area contributed by atoms with Gasteiger partial charge in [-0.05, 0) is 50.7 Å². The first-order chi connectivity index (χ1) is 16.6. The molecule has 4 aliphatic rings. The van der Waals surface area contributed by atoms with Crippen LogP contribution in [0.1, 0.15) is 37.8 Å². The first-order valence-corrected chi connectivity index (χ1v) is 12.6. The lowest BCUT2D eigenvalue weighted by molar-refractivity contribution is -0.137. The number of piperazine rings is 1. The van der Waals surface area contributed by atoms with Crippen LogP contribution in [0.2, 0.25) is 0 Å². The van der Waals surface area contributed by atoms with Crippen molar-refractivity contribution in [1.29, 1.82) is 5.41 Å². The number of ether oxygens (including phenoxy) is 1. The molecule has 1 unspecified atom stereocenters. The van der Waals surface area contributed by atoms with Crippen molar-refractivity contribution >= 4 is 11.5 Å². The fraction of sp³-hybridized carbons (Fsp3) is 0.680. The second-order valence-electron chi connectivity index (χ2n) is 10.7. The lowest BCUT2D eigenvalue weighted by Gasteiger charge is -2.44. The minimum absolute atomic E-state index is 0.0174. The molecule has 7 nitrogen and oxygen atoms in total. The highest BCUT2D eigenvalue weighted by Crippen LogP contribution is 2.61. The number of pyridine rings is 1. The van der Waals surface area contributed by atoms with E-state index in [4.69, 9.17) is 15.9 Å². The third kappa shape index (κ3) is 5.06. The molecule has 0 spiro atoms. The molecule has 2 aliphatic heterocycles. The fourth-order valence-electron chi connectivity index (χ4n) is 6.13. The van der Waals surface area contributed by atoms with E-state index in [1.54, 1.807) is 6.08 Å². The number of hydrogen-bond donors (Lipinski definition) is 3. The molecule has 0 bridgehead atoms. The van der Waals surface area contributed by atoms with Crippen molar-refractivity contribution in [3.05, 3.63) is 35.2 Å². The Morgan fingerprint density at radius 1 is 1.14 bits per heavy atom. The van der Waals surface area contributed by atoms with Gasteiger partial charge in [-0.1, -0.05) is 0 Å². The van der Waals surface area contributed by atoms with Gasteiger partial charge in [0, 0.05) is 61.6 Å². The zero-order valence-electron chi connectivity index (χ0n) is 20.3. The van der Waals surface area contributed by atoms with Gasteiger partial charge in [0.1, 0.15) is 5.82 Å². The molecule has 2 saturated carbocycles. The van der Waals surface area contributed by atoms with Gasteiger partial charge in [-0.3, -0.25) is 9.80 Å². The second kappa shape index (κ2) is 9.37. The third-order valence-electron chi connectivity index (χ3n) is 8.07. The summed E-state index contributed by atoms with van der Waals surface area (Å²) in [4.78, 5) is 8.88. The minimum atomic E-state index is -4.60. The topological polar surface area (TPSA) is 90.5 Å². The van der Waals surface area contributed by atoms with Crippen LogP contribution >= 0.6 is 0 Å². The van der Waals surface area contributed by atoms with Crippen molar-refractivity contribution in [2.45, 2.75) is 51.0 Å². The van der Waals surface area contributed by atoms with Gasteiger partial charge in [0.15, 0.2) is 0 Å². The molecule has 4 N–H and O–H groups in total. The molecule has 192 valence electrons. The average molecular weight is 493 g/mol. The Labute approximate surface area is 204 Å². The third-order valence-corrected chi connectivity index (χ3v) is 8.07. The van der Waals surface area contributed by atoms with Crippen molar-refractivity contribution in [1.82, 2.24) is 20.1 Å². The summed E-state index contributed by atoms with van der Waals surface area (Å²) in [7, 11) is 0. The second-order valence-corrected chi connectivity index (χ2v) is 10.7. The highest BCUT2D eigenvalue weighted by atomic mass is 19.4. The van der Waals surface area contributed by atoms with Crippen LogP contribution in [-0.2, 0) is 10.9 Å². The molecule has 4 atom stereocenters. The molecule has 3 heterocycles. The molecule has 1 aromatic heterocycles. The predicted octanol–water partition coefficient (Wildman–Crippen LogP) is 2.97. The largest absolute Gasteiger partial charge is 0.419 e. The summed E-state index contributed by atoms with van der Waals surface area (Å²) in [5, 5.41) is 12.0. The van der Waals surface area contributed by atoms with E-state index in [9.17, 15) is 13.2 Å². The molecule has 0 amide bonds. The molecule has 35 heavy (non-hydrogen) atoms. The number of nitrogens with zero attached hydrogens (tertiary/aromatic N) is 3. The highest BCUT2D eigenvalue weighted by Gasteiger charge is 2.58. The van der Waals surface area contributed by atoms with Crippen molar-refractivity contribution < 1.29 is 17.9 Å². The molecule has 10 heteroatoms. The van der Waals surface area contributed by atoms with Gasteiger partial charge in [0.2, 0.25) is 0 Å². The molecule has 0 radical (unpaired) electrons. The molecular weight excluding hydrogens is 457 g/mol. The molecule has 1 aromatic rings. The van der Waals surface area contributed by atoms with E-state index in [0.717, 1.165) is 64.0 Å². The van der Waals surface area contributed by atoms with Crippen LogP contribution in [-0.4, -0.2) is 78.0 Å². The SMILES string of the molecule is CC(C)N/C(=C\C(=N)c1cnc(N)c(C(F)(F)F)c1)[C@H]1[C@@H]2CC(N3CCN(C4COC4)CC3)C[C@@H]21. The van der Waals surface area contributed by atoms with Gasteiger partial charge in [0.25, 0.3) is 0 Å². The molecule has 2 saturated heterocycles. The Kier molecular flexibility index (Phi) is 6.56. The van der Waals surface area contributed by atoms with E-state index in [1.807, 2.05) is 13.8 Å². The number of allylic oxidation sites excluding steroid dienone is 2. The normalized spacial score (nSPS) is 30.3. The molecule has 0 aromatic carbocycles.